The molecule has 4 heteroatoms. The van der Waals surface area contributed by atoms with Gasteiger partial charge in [0.15, 0.2) is 6.54 Å². The molecule has 1 aliphatic heterocycles. The van der Waals surface area contributed by atoms with Gasteiger partial charge in [-0.15, -0.1) is 17.8 Å². The Hall–Kier alpha value is -1.31. The summed E-state index contributed by atoms with van der Waals surface area (Å²) in [5, 5.41) is 4.98. The van der Waals surface area contributed by atoms with Gasteiger partial charge in [0.25, 0.3) is 5.91 Å². The molecule has 2 aliphatic rings. The van der Waals surface area contributed by atoms with Crippen molar-refractivity contribution in [2.24, 2.45) is 5.92 Å². The highest BCUT2D eigenvalue weighted by Gasteiger charge is 2.43. The number of nitrogens with one attached hydrogen (secondary N) is 2. The van der Waals surface area contributed by atoms with Crippen molar-refractivity contribution in [1.82, 2.24) is 5.32 Å². The summed E-state index contributed by atoms with van der Waals surface area (Å²) < 4.78 is 0. The SMILES string of the molecule is C#CCNC(=O)C[NH+]1CCc2sccc2[C@@H]1C1CC1. The molecule has 0 radical (unpaired) electrons. The quantitative estimate of drug-likeness (QED) is 0.766. The second kappa shape index (κ2) is 5.36. The van der Waals surface area contributed by atoms with E-state index < -0.39 is 0 Å². The Bertz CT molecular complexity index is 512. The van der Waals surface area contributed by atoms with E-state index in [2.05, 4.69) is 22.7 Å². The third kappa shape index (κ3) is 2.68. The summed E-state index contributed by atoms with van der Waals surface area (Å²) in [5.74, 6) is 3.32. The van der Waals surface area contributed by atoms with Crippen LogP contribution < -0.4 is 10.2 Å². The number of hydrogen-bond acceptors (Lipinski definition) is 2. The molecule has 0 spiro atoms. The first kappa shape index (κ1) is 12.7. The first-order valence-corrected chi connectivity index (χ1v) is 7.78. The Morgan fingerprint density at radius 3 is 3.16 bits per heavy atom. The molecular weight excluding hydrogens is 256 g/mol. The van der Waals surface area contributed by atoms with Crippen molar-refractivity contribution < 1.29 is 9.69 Å². The topological polar surface area (TPSA) is 33.5 Å². The van der Waals surface area contributed by atoms with Gasteiger partial charge in [-0.25, -0.2) is 0 Å². The van der Waals surface area contributed by atoms with E-state index in [0.29, 0.717) is 19.1 Å². The Kier molecular flexibility index (Phi) is 3.58. The van der Waals surface area contributed by atoms with Crippen LogP contribution in [0.4, 0.5) is 0 Å². The minimum absolute atomic E-state index is 0.0808. The summed E-state index contributed by atoms with van der Waals surface area (Å²) in [6, 6.07) is 2.80. The van der Waals surface area contributed by atoms with Gasteiger partial charge in [-0.05, 0) is 24.3 Å². The number of carbonyl (C=O) groups is 1. The van der Waals surface area contributed by atoms with Crippen LogP contribution in [0.2, 0.25) is 0 Å². The molecule has 1 aromatic rings. The summed E-state index contributed by atoms with van der Waals surface area (Å²) in [4.78, 5) is 14.8. The van der Waals surface area contributed by atoms with E-state index in [0.717, 1.165) is 18.9 Å². The van der Waals surface area contributed by atoms with E-state index in [1.54, 1.807) is 0 Å². The van der Waals surface area contributed by atoms with Crippen LogP contribution in [-0.4, -0.2) is 25.5 Å². The lowest BCUT2D eigenvalue weighted by molar-refractivity contribution is -0.928. The second-order valence-electron chi connectivity index (χ2n) is 5.43. The van der Waals surface area contributed by atoms with Crippen LogP contribution in [0, 0.1) is 18.3 Å². The van der Waals surface area contributed by atoms with Gasteiger partial charge in [-0.2, -0.15) is 0 Å². The molecule has 3 nitrogen and oxygen atoms in total. The largest absolute Gasteiger partial charge is 0.340 e. The van der Waals surface area contributed by atoms with Crippen LogP contribution in [0.1, 0.15) is 29.3 Å². The van der Waals surface area contributed by atoms with E-state index >= 15 is 0 Å². The fraction of sp³-hybridized carbons (Fsp3) is 0.533. The van der Waals surface area contributed by atoms with Crippen LogP contribution in [0.25, 0.3) is 0 Å². The number of hydrogen-bond donors (Lipinski definition) is 2. The Morgan fingerprint density at radius 1 is 1.58 bits per heavy atom. The van der Waals surface area contributed by atoms with Gasteiger partial charge in [0.1, 0.15) is 6.04 Å². The summed E-state index contributed by atoms with van der Waals surface area (Å²) in [6.45, 7) is 1.96. The fourth-order valence-corrected chi connectivity index (χ4v) is 4.04. The molecule has 0 aromatic carbocycles. The van der Waals surface area contributed by atoms with Crippen molar-refractivity contribution in [2.75, 3.05) is 19.6 Å². The molecule has 0 bridgehead atoms. The number of terminal acetylenes is 1. The number of rotatable bonds is 4. The zero-order valence-electron chi connectivity index (χ0n) is 10.9. The first-order chi connectivity index (χ1) is 9.29. The molecule has 19 heavy (non-hydrogen) atoms. The molecular formula is C15H19N2OS+. The lowest BCUT2D eigenvalue weighted by atomic mass is 9.96. The maximum absolute atomic E-state index is 11.9. The van der Waals surface area contributed by atoms with Crippen LogP contribution in [0.5, 0.6) is 0 Å². The summed E-state index contributed by atoms with van der Waals surface area (Å²) in [5.41, 5.74) is 1.50. The second-order valence-corrected chi connectivity index (χ2v) is 6.43. The third-order valence-corrected chi connectivity index (χ3v) is 5.09. The number of thiophene rings is 1. The minimum atomic E-state index is 0.0808. The number of fused-ring (bicyclic) bond motifs is 1. The minimum Gasteiger partial charge on any atom is -0.340 e. The Morgan fingerprint density at radius 2 is 2.42 bits per heavy atom. The van der Waals surface area contributed by atoms with Crippen molar-refractivity contribution >= 4 is 17.2 Å². The van der Waals surface area contributed by atoms with Gasteiger partial charge in [-0.3, -0.25) is 4.79 Å². The molecule has 100 valence electrons. The van der Waals surface area contributed by atoms with Gasteiger partial charge in [0.05, 0.1) is 13.1 Å². The molecule has 2 atom stereocenters. The highest BCUT2D eigenvalue weighted by atomic mass is 32.1. The fourth-order valence-electron chi connectivity index (χ4n) is 3.11. The molecule has 1 amide bonds. The highest BCUT2D eigenvalue weighted by molar-refractivity contribution is 7.10. The summed E-state index contributed by atoms with van der Waals surface area (Å²) in [6.07, 6.45) is 8.91. The Balaban J connectivity index is 1.71. The van der Waals surface area contributed by atoms with Crippen molar-refractivity contribution in [3.8, 4) is 12.3 Å². The van der Waals surface area contributed by atoms with Gasteiger partial charge in [-0.1, -0.05) is 5.92 Å². The average Bonchev–Trinajstić information content (AvgIpc) is 3.13. The molecule has 2 heterocycles. The van der Waals surface area contributed by atoms with E-state index in [1.807, 2.05) is 11.3 Å². The van der Waals surface area contributed by atoms with Crippen LogP contribution in [0.3, 0.4) is 0 Å². The predicted molar refractivity (Wildman–Crippen MR) is 76.0 cm³/mol. The van der Waals surface area contributed by atoms with Crippen LogP contribution >= 0.6 is 11.3 Å². The predicted octanol–water partition coefficient (Wildman–Crippen LogP) is 0.390. The van der Waals surface area contributed by atoms with Crippen molar-refractivity contribution in [1.29, 1.82) is 0 Å². The molecule has 1 fully saturated rings. The third-order valence-electron chi connectivity index (χ3n) is 4.10. The summed E-state index contributed by atoms with van der Waals surface area (Å²) >= 11 is 1.87. The first-order valence-electron chi connectivity index (χ1n) is 6.90. The van der Waals surface area contributed by atoms with Crippen molar-refractivity contribution in [3.63, 3.8) is 0 Å². The number of carbonyl (C=O) groups excluding carboxylic acids is 1. The molecule has 2 N–H and O–H groups in total. The molecule has 1 unspecified atom stereocenters. The van der Waals surface area contributed by atoms with E-state index in [9.17, 15) is 4.79 Å². The molecule has 1 aliphatic carbocycles. The monoisotopic (exact) mass is 275 g/mol. The number of amides is 1. The maximum Gasteiger partial charge on any atom is 0.275 e. The van der Waals surface area contributed by atoms with Gasteiger partial charge < -0.3 is 10.2 Å². The van der Waals surface area contributed by atoms with Crippen molar-refractivity contribution in [2.45, 2.75) is 25.3 Å². The lowest BCUT2D eigenvalue weighted by Gasteiger charge is -2.32. The van der Waals surface area contributed by atoms with Gasteiger partial charge in [0, 0.05) is 22.8 Å². The lowest BCUT2D eigenvalue weighted by Crippen LogP contribution is -3.14. The van der Waals surface area contributed by atoms with E-state index in [-0.39, 0.29) is 5.91 Å². The molecule has 0 saturated heterocycles. The molecule has 1 aromatic heterocycles. The molecule has 1 saturated carbocycles. The highest BCUT2D eigenvalue weighted by Crippen LogP contribution is 2.42. The van der Waals surface area contributed by atoms with E-state index in [1.165, 1.54) is 28.2 Å². The average molecular weight is 275 g/mol. The zero-order valence-corrected chi connectivity index (χ0v) is 11.8. The van der Waals surface area contributed by atoms with Gasteiger partial charge >= 0.3 is 0 Å². The normalized spacial score (nSPS) is 25.4. The van der Waals surface area contributed by atoms with Crippen LogP contribution in [-0.2, 0) is 11.2 Å². The van der Waals surface area contributed by atoms with Crippen LogP contribution in [0.15, 0.2) is 11.4 Å². The maximum atomic E-state index is 11.9. The zero-order chi connectivity index (χ0) is 13.2. The Labute approximate surface area is 118 Å². The van der Waals surface area contributed by atoms with E-state index in [4.69, 9.17) is 6.42 Å². The molecule has 3 rings (SSSR count). The summed E-state index contributed by atoms with van der Waals surface area (Å²) in [7, 11) is 0. The van der Waals surface area contributed by atoms with Gasteiger partial charge in [0.2, 0.25) is 0 Å². The number of quaternary nitrogens is 1. The standard InChI is InChI=1S/C15H18N2OS/c1-2-7-16-14(18)10-17-8-5-13-12(6-9-19-13)15(17)11-3-4-11/h1,6,9,11,15H,3-5,7-8,10H2,(H,16,18)/p+1/t15-/m0/s1. The smallest absolute Gasteiger partial charge is 0.275 e. The van der Waals surface area contributed by atoms with Crippen molar-refractivity contribution in [3.05, 3.63) is 21.9 Å².